The zero-order chi connectivity index (χ0) is 17.7. The lowest BCUT2D eigenvalue weighted by Crippen LogP contribution is -2.64. The summed E-state index contributed by atoms with van der Waals surface area (Å²) < 4.78 is 10.4. The molecule has 0 spiro atoms. The molecule has 1 saturated heterocycles. The van der Waals surface area contributed by atoms with Gasteiger partial charge in [0.05, 0.1) is 6.61 Å². The molecule has 1 aliphatic rings. The van der Waals surface area contributed by atoms with Gasteiger partial charge in [-0.3, -0.25) is 4.79 Å². The summed E-state index contributed by atoms with van der Waals surface area (Å²) >= 11 is 0. The van der Waals surface area contributed by atoms with Crippen LogP contribution in [0.5, 0.6) is 0 Å². The van der Waals surface area contributed by atoms with Gasteiger partial charge in [-0.2, -0.15) is 0 Å². The van der Waals surface area contributed by atoms with Gasteiger partial charge in [-0.25, -0.2) is 0 Å². The molecule has 132 valence electrons. The number of aliphatic hydroxyl groups is 3. The van der Waals surface area contributed by atoms with Crippen LogP contribution < -0.4 is 5.32 Å². The quantitative estimate of drug-likeness (QED) is 0.544. The summed E-state index contributed by atoms with van der Waals surface area (Å²) in [6.07, 6.45) is -1.62. The number of amides is 1. The van der Waals surface area contributed by atoms with Crippen LogP contribution in [0.15, 0.2) is 30.3 Å². The molecule has 1 aliphatic heterocycles. The minimum absolute atomic E-state index is 0.458. The molecule has 0 bridgehead atoms. The Balaban J connectivity index is 2.03. The number of carbonyl (C=O) groups is 1. The van der Waals surface area contributed by atoms with Crippen LogP contribution in [-0.2, 0) is 14.3 Å². The summed E-state index contributed by atoms with van der Waals surface area (Å²) in [4.78, 5) is 12.1. The number of ether oxygens (including phenoxy) is 2. The molecule has 1 aromatic carbocycles. The molecule has 2 rings (SSSR count). The maximum atomic E-state index is 12.1. The van der Waals surface area contributed by atoms with Crippen molar-refractivity contribution in [2.24, 2.45) is 0 Å². The predicted octanol–water partition coefficient (Wildman–Crippen LogP) is -0.422. The van der Waals surface area contributed by atoms with E-state index >= 15 is 0 Å². The number of methoxy groups -OCH3 is 1. The molecule has 5 atom stereocenters. The van der Waals surface area contributed by atoms with Crippen molar-refractivity contribution < 1.29 is 29.6 Å². The maximum absolute atomic E-state index is 12.1. The van der Waals surface area contributed by atoms with E-state index in [0.717, 1.165) is 11.1 Å². The van der Waals surface area contributed by atoms with Gasteiger partial charge in [0.25, 0.3) is 0 Å². The number of hydrogen-bond acceptors (Lipinski definition) is 6. The van der Waals surface area contributed by atoms with E-state index in [9.17, 15) is 15.0 Å². The first kappa shape index (κ1) is 18.6. The lowest BCUT2D eigenvalue weighted by molar-refractivity contribution is -0.262. The molecule has 1 heterocycles. The van der Waals surface area contributed by atoms with Crippen LogP contribution in [0, 0.1) is 6.92 Å². The molecule has 1 aromatic rings. The first-order chi connectivity index (χ1) is 11.5. The molecule has 0 aromatic heterocycles. The topological polar surface area (TPSA) is 108 Å². The smallest absolute Gasteiger partial charge is 0.244 e. The zero-order valence-corrected chi connectivity index (χ0v) is 13.6. The van der Waals surface area contributed by atoms with Crippen LogP contribution in [0.1, 0.15) is 11.1 Å². The lowest BCUT2D eigenvalue weighted by atomic mass is 9.97. The second kappa shape index (κ2) is 8.36. The molecule has 7 nitrogen and oxygen atoms in total. The van der Waals surface area contributed by atoms with E-state index in [0.29, 0.717) is 0 Å². The molecule has 7 heteroatoms. The highest BCUT2D eigenvalue weighted by molar-refractivity contribution is 5.92. The molecule has 1 amide bonds. The molecule has 0 unspecified atom stereocenters. The third kappa shape index (κ3) is 4.40. The van der Waals surface area contributed by atoms with E-state index in [1.54, 1.807) is 6.08 Å². The number of aryl methyl sites for hydroxylation is 1. The van der Waals surface area contributed by atoms with Gasteiger partial charge in [0, 0.05) is 13.2 Å². The van der Waals surface area contributed by atoms with Crippen molar-refractivity contribution in [3.63, 3.8) is 0 Å². The number of hydrogen-bond donors (Lipinski definition) is 4. The largest absolute Gasteiger partial charge is 0.394 e. The average molecular weight is 337 g/mol. The van der Waals surface area contributed by atoms with Crippen molar-refractivity contribution in [3.05, 3.63) is 41.5 Å². The van der Waals surface area contributed by atoms with Gasteiger partial charge in [-0.15, -0.1) is 0 Å². The number of rotatable bonds is 5. The van der Waals surface area contributed by atoms with Gasteiger partial charge in [0.15, 0.2) is 6.29 Å². The zero-order valence-electron chi connectivity index (χ0n) is 13.6. The van der Waals surface area contributed by atoms with Crippen molar-refractivity contribution in [2.45, 2.75) is 37.6 Å². The molecular formula is C17H23NO6. The average Bonchev–Trinajstić information content (AvgIpc) is 2.57. The summed E-state index contributed by atoms with van der Waals surface area (Å²) in [5.41, 5.74) is 1.94. The normalized spacial score (nSPS) is 30.5. The number of benzene rings is 1. The van der Waals surface area contributed by atoms with Crippen LogP contribution in [-0.4, -0.2) is 65.6 Å². The second-order valence-electron chi connectivity index (χ2n) is 5.72. The Kier molecular flexibility index (Phi) is 6.47. The second-order valence-corrected chi connectivity index (χ2v) is 5.72. The Morgan fingerprint density at radius 3 is 2.75 bits per heavy atom. The Morgan fingerprint density at radius 2 is 2.12 bits per heavy atom. The maximum Gasteiger partial charge on any atom is 0.244 e. The Bertz CT molecular complexity index is 588. The predicted molar refractivity (Wildman–Crippen MR) is 86.9 cm³/mol. The molecule has 0 aliphatic carbocycles. The van der Waals surface area contributed by atoms with Crippen molar-refractivity contribution in [3.8, 4) is 0 Å². The molecule has 0 saturated carbocycles. The fraction of sp³-hybridized carbons (Fsp3) is 0.471. The van der Waals surface area contributed by atoms with Crippen LogP contribution in [0.4, 0.5) is 0 Å². The summed E-state index contributed by atoms with van der Waals surface area (Å²) in [7, 11) is 1.35. The van der Waals surface area contributed by atoms with E-state index in [1.165, 1.54) is 13.2 Å². The first-order valence-corrected chi connectivity index (χ1v) is 7.66. The number of nitrogens with one attached hydrogen (secondary N) is 1. The van der Waals surface area contributed by atoms with Crippen LogP contribution in [0.25, 0.3) is 6.08 Å². The highest BCUT2D eigenvalue weighted by Gasteiger charge is 2.44. The van der Waals surface area contributed by atoms with E-state index in [2.05, 4.69) is 5.32 Å². The Labute approximate surface area is 140 Å². The van der Waals surface area contributed by atoms with E-state index in [-0.39, 0.29) is 0 Å². The van der Waals surface area contributed by atoms with Crippen molar-refractivity contribution in [1.82, 2.24) is 5.32 Å². The first-order valence-electron chi connectivity index (χ1n) is 7.66. The fourth-order valence-electron chi connectivity index (χ4n) is 2.60. The Morgan fingerprint density at radius 1 is 1.38 bits per heavy atom. The van der Waals surface area contributed by atoms with Gasteiger partial charge in [-0.1, -0.05) is 29.8 Å². The number of carbonyl (C=O) groups excluding carboxylic acids is 1. The summed E-state index contributed by atoms with van der Waals surface area (Å²) in [6, 6.07) is 6.67. The van der Waals surface area contributed by atoms with Gasteiger partial charge >= 0.3 is 0 Å². The van der Waals surface area contributed by atoms with Crippen molar-refractivity contribution in [1.29, 1.82) is 0 Å². The summed E-state index contributed by atoms with van der Waals surface area (Å²) in [6.45, 7) is 1.49. The molecule has 1 fully saturated rings. The van der Waals surface area contributed by atoms with Crippen LogP contribution >= 0.6 is 0 Å². The summed E-state index contributed by atoms with van der Waals surface area (Å²) in [5, 5.41) is 31.8. The van der Waals surface area contributed by atoms with Gasteiger partial charge < -0.3 is 30.1 Å². The third-order valence-corrected chi connectivity index (χ3v) is 3.89. The minimum atomic E-state index is -1.33. The lowest BCUT2D eigenvalue weighted by Gasteiger charge is -2.41. The minimum Gasteiger partial charge on any atom is -0.394 e. The highest BCUT2D eigenvalue weighted by atomic mass is 16.7. The van der Waals surface area contributed by atoms with Crippen molar-refractivity contribution >= 4 is 12.0 Å². The summed E-state index contributed by atoms with van der Waals surface area (Å²) in [5.74, 6) is -0.458. The molecule has 24 heavy (non-hydrogen) atoms. The highest BCUT2D eigenvalue weighted by Crippen LogP contribution is 2.21. The standard InChI is InChI=1S/C17H23NO6/c1-10-4-3-5-11(8-10)6-7-13(20)18-14-16(22)15(21)12(9-19)24-17(14)23-2/h3-8,12,14-17,19,21-22H,9H2,1-2H3,(H,18,20)/b7-6+/t12-,14-,15-,16-,17-/m1/s1. The van der Waals surface area contributed by atoms with E-state index in [4.69, 9.17) is 14.6 Å². The van der Waals surface area contributed by atoms with Crippen LogP contribution in [0.3, 0.4) is 0 Å². The van der Waals surface area contributed by atoms with Gasteiger partial charge in [0.2, 0.25) is 5.91 Å². The Hall–Kier alpha value is -1.77. The SMILES string of the molecule is CO[C@@H]1O[C@H](CO)[C@@H](O)[C@H](O)[C@H]1NC(=O)/C=C/c1cccc(C)c1. The van der Waals surface area contributed by atoms with Crippen LogP contribution in [0.2, 0.25) is 0 Å². The van der Waals surface area contributed by atoms with E-state index in [1.807, 2.05) is 31.2 Å². The van der Waals surface area contributed by atoms with Gasteiger partial charge in [-0.05, 0) is 18.6 Å². The monoisotopic (exact) mass is 337 g/mol. The van der Waals surface area contributed by atoms with Gasteiger partial charge in [0.1, 0.15) is 24.4 Å². The third-order valence-electron chi connectivity index (χ3n) is 3.89. The van der Waals surface area contributed by atoms with Crippen molar-refractivity contribution in [2.75, 3.05) is 13.7 Å². The van der Waals surface area contributed by atoms with E-state index < -0.39 is 43.2 Å². The molecule has 0 radical (unpaired) electrons. The fourth-order valence-corrected chi connectivity index (χ4v) is 2.60. The number of aliphatic hydroxyl groups excluding tert-OH is 3. The molecular weight excluding hydrogens is 314 g/mol. The molecule has 4 N–H and O–H groups in total.